The van der Waals surface area contributed by atoms with Gasteiger partial charge in [0.2, 0.25) is 15.9 Å². The van der Waals surface area contributed by atoms with E-state index in [9.17, 15) is 13.2 Å². The zero-order valence-electron chi connectivity index (χ0n) is 13.2. The lowest BCUT2D eigenvalue weighted by molar-refractivity contribution is -0.120. The van der Waals surface area contributed by atoms with Crippen molar-refractivity contribution >= 4 is 21.6 Å². The smallest absolute Gasteiger partial charge is 0.240 e. The molecule has 1 fully saturated rings. The molecule has 0 heterocycles. The van der Waals surface area contributed by atoms with Crippen molar-refractivity contribution in [2.75, 3.05) is 17.1 Å². The maximum atomic E-state index is 12.2. The minimum Gasteiger partial charge on any atom is -0.352 e. The molecule has 0 radical (unpaired) electrons. The summed E-state index contributed by atoms with van der Waals surface area (Å²) in [6, 6.07) is 7.31. The minimum atomic E-state index is -3.49. The van der Waals surface area contributed by atoms with Crippen LogP contribution >= 0.6 is 0 Å². The molecule has 1 aromatic rings. The molecule has 0 spiro atoms. The van der Waals surface area contributed by atoms with E-state index >= 15 is 0 Å². The second-order valence-corrected chi connectivity index (χ2v) is 7.91. The van der Waals surface area contributed by atoms with Crippen LogP contribution in [0, 0.1) is 6.92 Å². The van der Waals surface area contributed by atoms with Gasteiger partial charge in [0, 0.05) is 6.04 Å². The minimum absolute atomic E-state index is 0.168. The lowest BCUT2D eigenvalue weighted by Gasteiger charge is -2.26. The monoisotopic (exact) mass is 324 g/mol. The molecule has 22 heavy (non-hydrogen) atoms. The third-order valence-corrected chi connectivity index (χ3v) is 5.12. The molecular formula is C16H24N2O3S. The van der Waals surface area contributed by atoms with Gasteiger partial charge in [-0.1, -0.05) is 37.0 Å². The molecule has 1 aliphatic carbocycles. The third-order valence-electron chi connectivity index (χ3n) is 3.98. The van der Waals surface area contributed by atoms with Crippen LogP contribution in [0.3, 0.4) is 0 Å². The van der Waals surface area contributed by atoms with Gasteiger partial charge in [-0.3, -0.25) is 9.10 Å². The number of hydrogen-bond acceptors (Lipinski definition) is 3. The van der Waals surface area contributed by atoms with E-state index in [1.54, 1.807) is 12.1 Å². The summed E-state index contributed by atoms with van der Waals surface area (Å²) in [5.41, 5.74) is 1.57. The van der Waals surface area contributed by atoms with E-state index < -0.39 is 10.0 Å². The van der Waals surface area contributed by atoms with E-state index in [2.05, 4.69) is 5.32 Å². The van der Waals surface area contributed by atoms with Gasteiger partial charge in [-0.15, -0.1) is 0 Å². The SMILES string of the molecule is Cc1ccc(N(CC(=O)NC2CCCCC2)S(C)(=O)=O)cc1. The first kappa shape index (κ1) is 16.8. The quantitative estimate of drug-likeness (QED) is 0.903. The number of aryl methyl sites for hydroxylation is 1. The van der Waals surface area contributed by atoms with E-state index in [0.29, 0.717) is 5.69 Å². The summed E-state index contributed by atoms with van der Waals surface area (Å²) in [5.74, 6) is -0.238. The van der Waals surface area contributed by atoms with E-state index in [0.717, 1.165) is 41.8 Å². The van der Waals surface area contributed by atoms with E-state index in [1.165, 1.54) is 6.42 Å². The van der Waals surface area contributed by atoms with Crippen LogP contribution in [0.2, 0.25) is 0 Å². The molecule has 1 aliphatic rings. The molecule has 122 valence electrons. The van der Waals surface area contributed by atoms with Crippen molar-refractivity contribution in [2.24, 2.45) is 0 Å². The van der Waals surface area contributed by atoms with E-state index in [4.69, 9.17) is 0 Å². The molecule has 6 heteroatoms. The molecule has 1 amide bonds. The Bertz CT molecular complexity index is 605. The van der Waals surface area contributed by atoms with Crippen LogP contribution in [0.25, 0.3) is 0 Å². The second-order valence-electron chi connectivity index (χ2n) is 6.01. The molecular weight excluding hydrogens is 300 g/mol. The lowest BCUT2D eigenvalue weighted by Crippen LogP contribution is -2.44. The van der Waals surface area contributed by atoms with Gasteiger partial charge >= 0.3 is 0 Å². The van der Waals surface area contributed by atoms with Crippen LogP contribution in [0.4, 0.5) is 5.69 Å². The van der Waals surface area contributed by atoms with Gasteiger partial charge in [-0.25, -0.2) is 8.42 Å². The fourth-order valence-electron chi connectivity index (χ4n) is 2.76. The number of carbonyl (C=O) groups excluding carboxylic acids is 1. The van der Waals surface area contributed by atoms with Crippen molar-refractivity contribution in [3.63, 3.8) is 0 Å². The van der Waals surface area contributed by atoms with Gasteiger partial charge in [0.15, 0.2) is 0 Å². The standard InChI is InChI=1S/C16H24N2O3S/c1-13-8-10-15(11-9-13)18(22(2,20)21)12-16(19)17-14-6-4-3-5-7-14/h8-11,14H,3-7,12H2,1-2H3,(H,17,19). The van der Waals surface area contributed by atoms with E-state index in [1.807, 2.05) is 19.1 Å². The number of anilines is 1. The Morgan fingerprint density at radius 3 is 2.32 bits per heavy atom. The average Bonchev–Trinajstić information content (AvgIpc) is 2.46. The van der Waals surface area contributed by atoms with Crippen molar-refractivity contribution in [2.45, 2.75) is 45.1 Å². The van der Waals surface area contributed by atoms with Crippen molar-refractivity contribution in [1.29, 1.82) is 0 Å². The van der Waals surface area contributed by atoms with Crippen molar-refractivity contribution in [3.05, 3.63) is 29.8 Å². The number of benzene rings is 1. The summed E-state index contributed by atoms with van der Waals surface area (Å²) in [6.07, 6.45) is 6.55. The average molecular weight is 324 g/mol. The highest BCUT2D eigenvalue weighted by atomic mass is 32.2. The number of rotatable bonds is 5. The summed E-state index contributed by atoms with van der Waals surface area (Å²) < 4.78 is 25.1. The first-order valence-electron chi connectivity index (χ1n) is 7.70. The van der Waals surface area contributed by atoms with Gasteiger partial charge in [0.05, 0.1) is 11.9 Å². The molecule has 0 bridgehead atoms. The molecule has 0 saturated heterocycles. The number of nitrogens with zero attached hydrogens (tertiary/aromatic N) is 1. The Balaban J connectivity index is 2.06. The molecule has 1 saturated carbocycles. The summed E-state index contributed by atoms with van der Waals surface area (Å²) in [5, 5.41) is 2.96. The van der Waals surface area contributed by atoms with Gasteiger partial charge in [0.1, 0.15) is 6.54 Å². The Labute approximate surface area is 132 Å². The van der Waals surface area contributed by atoms with Crippen LogP contribution in [0.5, 0.6) is 0 Å². The highest BCUT2D eigenvalue weighted by molar-refractivity contribution is 7.92. The zero-order chi connectivity index (χ0) is 16.2. The predicted molar refractivity (Wildman–Crippen MR) is 88.4 cm³/mol. The number of carbonyl (C=O) groups is 1. The Hall–Kier alpha value is -1.56. The second kappa shape index (κ2) is 7.13. The molecule has 5 nitrogen and oxygen atoms in total. The number of nitrogens with one attached hydrogen (secondary N) is 1. The fourth-order valence-corrected chi connectivity index (χ4v) is 3.62. The van der Waals surface area contributed by atoms with Crippen molar-refractivity contribution in [3.8, 4) is 0 Å². The zero-order valence-corrected chi connectivity index (χ0v) is 14.0. The van der Waals surface area contributed by atoms with Gasteiger partial charge in [0.25, 0.3) is 0 Å². The van der Waals surface area contributed by atoms with Crippen molar-refractivity contribution < 1.29 is 13.2 Å². The Morgan fingerprint density at radius 2 is 1.77 bits per heavy atom. The maximum absolute atomic E-state index is 12.2. The molecule has 0 aliphatic heterocycles. The summed E-state index contributed by atoms with van der Waals surface area (Å²) in [6.45, 7) is 1.77. The van der Waals surface area contributed by atoms with Crippen LogP contribution in [-0.2, 0) is 14.8 Å². The molecule has 1 N–H and O–H groups in total. The summed E-state index contributed by atoms with van der Waals surface area (Å²) in [7, 11) is -3.49. The van der Waals surface area contributed by atoms with Gasteiger partial charge < -0.3 is 5.32 Å². The largest absolute Gasteiger partial charge is 0.352 e. The first-order chi connectivity index (χ1) is 10.4. The molecule has 0 aromatic heterocycles. The van der Waals surface area contributed by atoms with Gasteiger partial charge in [-0.2, -0.15) is 0 Å². The Kier molecular flexibility index (Phi) is 5.45. The highest BCUT2D eigenvalue weighted by Gasteiger charge is 2.22. The van der Waals surface area contributed by atoms with Crippen molar-refractivity contribution in [1.82, 2.24) is 5.32 Å². The normalized spacial score (nSPS) is 16.3. The van der Waals surface area contributed by atoms with Crippen LogP contribution in [0.15, 0.2) is 24.3 Å². The molecule has 2 rings (SSSR count). The van der Waals surface area contributed by atoms with Gasteiger partial charge in [-0.05, 0) is 31.9 Å². The maximum Gasteiger partial charge on any atom is 0.240 e. The van der Waals surface area contributed by atoms with Crippen LogP contribution in [0.1, 0.15) is 37.7 Å². The fraction of sp³-hybridized carbons (Fsp3) is 0.562. The number of amides is 1. The topological polar surface area (TPSA) is 66.5 Å². The van der Waals surface area contributed by atoms with Crippen LogP contribution in [-0.4, -0.2) is 33.2 Å². The lowest BCUT2D eigenvalue weighted by atomic mass is 9.95. The third kappa shape index (κ3) is 4.73. The van der Waals surface area contributed by atoms with Crippen LogP contribution < -0.4 is 9.62 Å². The molecule has 1 aromatic carbocycles. The van der Waals surface area contributed by atoms with E-state index in [-0.39, 0.29) is 18.5 Å². The predicted octanol–water partition coefficient (Wildman–Crippen LogP) is 2.21. The molecule has 0 unspecified atom stereocenters. The summed E-state index contributed by atoms with van der Waals surface area (Å²) >= 11 is 0. The number of hydrogen-bond donors (Lipinski definition) is 1. The first-order valence-corrected chi connectivity index (χ1v) is 9.55. The Morgan fingerprint density at radius 1 is 1.18 bits per heavy atom. The summed E-state index contributed by atoms with van der Waals surface area (Å²) in [4.78, 5) is 12.2. The highest BCUT2D eigenvalue weighted by Crippen LogP contribution is 2.19. The molecule has 0 atom stereocenters. The number of sulfonamides is 1.